The zero-order valence-electron chi connectivity index (χ0n) is 16.1. The van der Waals surface area contributed by atoms with E-state index >= 15 is 0 Å². The number of hydrogen-bond acceptors (Lipinski definition) is 3. The summed E-state index contributed by atoms with van der Waals surface area (Å²) in [6, 6.07) is 7.85. The van der Waals surface area contributed by atoms with Gasteiger partial charge in [-0.25, -0.2) is 26.9 Å². The molecule has 0 saturated carbocycles. The second-order valence-corrected chi connectivity index (χ2v) is 6.74. The van der Waals surface area contributed by atoms with E-state index in [4.69, 9.17) is 0 Å². The number of benzene rings is 2. The van der Waals surface area contributed by atoms with Crippen molar-refractivity contribution in [2.75, 3.05) is 5.32 Å². The minimum atomic E-state index is -2.31. The molecule has 158 valence electrons. The molecular weight excluding hydrogens is 419 g/mol. The van der Waals surface area contributed by atoms with Gasteiger partial charge in [0.2, 0.25) is 5.82 Å². The third-order valence-corrected chi connectivity index (χ3v) is 4.92. The Kier molecular flexibility index (Phi) is 4.92. The van der Waals surface area contributed by atoms with Crippen LogP contribution in [0.4, 0.5) is 27.6 Å². The highest BCUT2D eigenvalue weighted by Gasteiger charge is 2.27. The van der Waals surface area contributed by atoms with Crippen molar-refractivity contribution < 1.29 is 26.7 Å². The van der Waals surface area contributed by atoms with Crippen LogP contribution in [0.15, 0.2) is 36.5 Å². The second kappa shape index (κ2) is 7.46. The fraction of sp³-hybridized carbons (Fsp3) is 0.0952. The van der Waals surface area contributed by atoms with Gasteiger partial charge in [0.1, 0.15) is 5.69 Å². The average molecular weight is 432 g/mol. The average Bonchev–Trinajstić information content (AvgIpc) is 3.11. The lowest BCUT2D eigenvalue weighted by atomic mass is 10.0. The van der Waals surface area contributed by atoms with Gasteiger partial charge in [-0.1, -0.05) is 18.2 Å². The van der Waals surface area contributed by atoms with E-state index in [-0.39, 0.29) is 5.56 Å². The molecule has 1 N–H and O–H groups in total. The Labute approximate surface area is 172 Å². The van der Waals surface area contributed by atoms with E-state index in [9.17, 15) is 26.7 Å². The highest BCUT2D eigenvalue weighted by Crippen LogP contribution is 2.30. The molecule has 10 heteroatoms. The van der Waals surface area contributed by atoms with Crippen LogP contribution in [-0.4, -0.2) is 20.7 Å². The number of pyridine rings is 1. The van der Waals surface area contributed by atoms with E-state index < -0.39 is 40.7 Å². The normalized spacial score (nSPS) is 11.2. The van der Waals surface area contributed by atoms with Gasteiger partial charge in [-0.2, -0.15) is 5.10 Å². The SMILES string of the molecule is Cc1c(-c2cc(C(=O)Nc3c(F)c(F)c(F)c(F)c3F)c3ccccc3n2)cnn1C. The van der Waals surface area contributed by atoms with Gasteiger partial charge in [-0.05, 0) is 19.1 Å². The van der Waals surface area contributed by atoms with Crippen molar-refractivity contribution in [3.05, 3.63) is 76.9 Å². The molecule has 0 aliphatic rings. The number of halogens is 5. The first-order valence-corrected chi connectivity index (χ1v) is 8.92. The molecular formula is C21H13F5N4O. The van der Waals surface area contributed by atoms with E-state index in [1.165, 1.54) is 12.3 Å². The minimum Gasteiger partial charge on any atom is -0.317 e. The number of aromatic nitrogens is 3. The van der Waals surface area contributed by atoms with E-state index in [0.717, 1.165) is 5.69 Å². The number of nitrogens with one attached hydrogen (secondary N) is 1. The van der Waals surface area contributed by atoms with Crippen molar-refractivity contribution in [3.63, 3.8) is 0 Å². The lowest BCUT2D eigenvalue weighted by Crippen LogP contribution is -2.17. The van der Waals surface area contributed by atoms with Crippen LogP contribution in [0.1, 0.15) is 16.1 Å². The molecule has 1 amide bonds. The lowest BCUT2D eigenvalue weighted by Gasteiger charge is -2.12. The summed E-state index contributed by atoms with van der Waals surface area (Å²) in [6.45, 7) is 1.79. The Hall–Kier alpha value is -3.82. The van der Waals surface area contributed by atoms with Crippen molar-refractivity contribution in [1.29, 1.82) is 0 Å². The predicted molar refractivity (Wildman–Crippen MR) is 103 cm³/mol. The number of hydrogen-bond donors (Lipinski definition) is 1. The fourth-order valence-electron chi connectivity index (χ4n) is 3.15. The predicted octanol–water partition coefficient (Wildman–Crippen LogP) is 4.89. The third kappa shape index (κ3) is 3.29. The zero-order valence-corrected chi connectivity index (χ0v) is 16.1. The van der Waals surface area contributed by atoms with Crippen LogP contribution >= 0.6 is 0 Å². The first-order valence-electron chi connectivity index (χ1n) is 8.92. The maximum Gasteiger partial charge on any atom is 0.256 e. The van der Waals surface area contributed by atoms with Gasteiger partial charge in [0, 0.05) is 23.7 Å². The first kappa shape index (κ1) is 20.5. The summed E-state index contributed by atoms with van der Waals surface area (Å²) in [5.41, 5.74) is 0.610. The lowest BCUT2D eigenvalue weighted by molar-refractivity contribution is 0.102. The van der Waals surface area contributed by atoms with Gasteiger partial charge in [0.25, 0.3) is 5.91 Å². The molecule has 0 spiro atoms. The summed E-state index contributed by atoms with van der Waals surface area (Å²) in [6.07, 6.45) is 1.54. The fourth-order valence-corrected chi connectivity index (χ4v) is 3.15. The third-order valence-electron chi connectivity index (χ3n) is 4.92. The molecule has 4 rings (SSSR count). The molecule has 2 aromatic carbocycles. The van der Waals surface area contributed by atoms with Crippen molar-refractivity contribution in [3.8, 4) is 11.3 Å². The van der Waals surface area contributed by atoms with Crippen molar-refractivity contribution in [2.24, 2.45) is 7.05 Å². The number of aryl methyl sites for hydroxylation is 1. The molecule has 0 aliphatic carbocycles. The Bertz CT molecular complexity index is 1340. The van der Waals surface area contributed by atoms with E-state index in [1.807, 2.05) is 5.32 Å². The molecule has 0 fully saturated rings. The number of anilines is 1. The number of fused-ring (bicyclic) bond motifs is 1. The summed E-state index contributed by atoms with van der Waals surface area (Å²) >= 11 is 0. The summed E-state index contributed by atoms with van der Waals surface area (Å²) in [7, 11) is 1.72. The summed E-state index contributed by atoms with van der Waals surface area (Å²) < 4.78 is 70.0. The zero-order chi connectivity index (χ0) is 22.4. The smallest absolute Gasteiger partial charge is 0.256 e. The minimum absolute atomic E-state index is 0.0622. The molecule has 2 heterocycles. The number of rotatable bonds is 3. The van der Waals surface area contributed by atoms with Crippen LogP contribution in [0.25, 0.3) is 22.2 Å². The van der Waals surface area contributed by atoms with Crippen molar-refractivity contribution in [1.82, 2.24) is 14.8 Å². The van der Waals surface area contributed by atoms with Crippen molar-refractivity contribution in [2.45, 2.75) is 6.92 Å². The van der Waals surface area contributed by atoms with Gasteiger partial charge in [-0.3, -0.25) is 9.48 Å². The van der Waals surface area contributed by atoms with Gasteiger partial charge in [0.05, 0.1) is 23.0 Å². The molecule has 31 heavy (non-hydrogen) atoms. The van der Waals surface area contributed by atoms with Crippen LogP contribution in [0.5, 0.6) is 0 Å². The highest BCUT2D eigenvalue weighted by molar-refractivity contribution is 6.13. The molecule has 0 aliphatic heterocycles. The van der Waals surface area contributed by atoms with Crippen LogP contribution < -0.4 is 5.32 Å². The summed E-state index contributed by atoms with van der Waals surface area (Å²) in [4.78, 5) is 17.4. The van der Waals surface area contributed by atoms with E-state index in [2.05, 4.69) is 10.1 Å². The largest absolute Gasteiger partial charge is 0.317 e. The second-order valence-electron chi connectivity index (χ2n) is 6.74. The highest BCUT2D eigenvalue weighted by atomic mass is 19.2. The van der Waals surface area contributed by atoms with Gasteiger partial charge >= 0.3 is 0 Å². The molecule has 2 aromatic heterocycles. The quantitative estimate of drug-likeness (QED) is 0.285. The maximum atomic E-state index is 14.0. The Morgan fingerprint density at radius 2 is 1.58 bits per heavy atom. The van der Waals surface area contributed by atoms with Gasteiger partial charge in [-0.15, -0.1) is 0 Å². The molecule has 0 unspecified atom stereocenters. The molecule has 5 nitrogen and oxygen atoms in total. The van der Waals surface area contributed by atoms with Gasteiger partial charge in [0.15, 0.2) is 23.3 Å². The molecule has 4 aromatic rings. The summed E-state index contributed by atoms with van der Waals surface area (Å²) in [5.74, 6) is -11.9. The topological polar surface area (TPSA) is 59.8 Å². The molecule has 0 radical (unpaired) electrons. The molecule has 0 atom stereocenters. The van der Waals surface area contributed by atoms with Crippen LogP contribution in [-0.2, 0) is 7.05 Å². The number of nitrogens with zero attached hydrogens (tertiary/aromatic N) is 3. The Morgan fingerprint density at radius 3 is 2.19 bits per heavy atom. The van der Waals surface area contributed by atoms with E-state index in [0.29, 0.717) is 22.2 Å². The van der Waals surface area contributed by atoms with Crippen molar-refractivity contribution >= 4 is 22.5 Å². The van der Waals surface area contributed by atoms with E-state index in [1.54, 1.807) is 42.9 Å². The number of carbonyl (C=O) groups is 1. The van der Waals surface area contributed by atoms with Gasteiger partial charge < -0.3 is 5.32 Å². The van der Waals surface area contributed by atoms with Crippen LogP contribution in [0.3, 0.4) is 0 Å². The van der Waals surface area contributed by atoms with Crippen LogP contribution in [0, 0.1) is 36.0 Å². The van der Waals surface area contributed by atoms with Crippen LogP contribution in [0.2, 0.25) is 0 Å². The molecule has 0 bridgehead atoms. The standard InChI is InChI=1S/C21H13F5N4O/c1-9-12(8-27-30(9)2)14-7-11(10-5-3-4-6-13(10)28-14)21(31)29-20-18(25)16(23)15(22)17(24)19(20)26/h3-8H,1-2H3,(H,29,31). The number of amides is 1. The Morgan fingerprint density at radius 1 is 0.968 bits per heavy atom. The monoisotopic (exact) mass is 432 g/mol. The Balaban J connectivity index is 1.87. The molecule has 0 saturated heterocycles. The number of carbonyl (C=O) groups excluding carboxylic acids is 1. The maximum absolute atomic E-state index is 14.0. The summed E-state index contributed by atoms with van der Waals surface area (Å²) in [5, 5.41) is 6.26. The number of para-hydroxylation sites is 1. The first-order chi connectivity index (χ1) is 14.7.